The first-order valence-electron chi connectivity index (χ1n) is 7.81. The van der Waals surface area contributed by atoms with Crippen molar-refractivity contribution in [3.63, 3.8) is 0 Å². The number of carbonyl (C=O) groups is 1. The number of nitro benzene ring substituents is 1. The van der Waals surface area contributed by atoms with E-state index in [9.17, 15) is 14.9 Å². The van der Waals surface area contributed by atoms with E-state index in [4.69, 9.17) is 0 Å². The first-order chi connectivity index (χ1) is 12.1. The number of rotatable bonds is 5. The van der Waals surface area contributed by atoms with Crippen molar-refractivity contribution in [2.24, 2.45) is 0 Å². The highest BCUT2D eigenvalue weighted by molar-refractivity contribution is 8.03. The molecule has 1 aliphatic heterocycles. The van der Waals surface area contributed by atoms with Crippen molar-refractivity contribution in [2.45, 2.75) is 11.8 Å². The molecule has 0 fully saturated rings. The van der Waals surface area contributed by atoms with E-state index in [0.717, 1.165) is 27.7 Å². The maximum absolute atomic E-state index is 12.2. The zero-order valence-electron chi connectivity index (χ0n) is 13.6. The largest absolute Gasteiger partial charge is 0.335 e. The summed E-state index contributed by atoms with van der Waals surface area (Å²) in [4.78, 5) is 25.7. The number of non-ortho nitro benzene ring substituents is 1. The van der Waals surface area contributed by atoms with Gasteiger partial charge in [0.25, 0.3) is 5.69 Å². The van der Waals surface area contributed by atoms with Crippen LogP contribution < -0.4 is 4.90 Å². The minimum Gasteiger partial charge on any atom is -0.335 e. The lowest BCUT2D eigenvalue weighted by molar-refractivity contribution is -0.384. The number of anilines is 1. The van der Waals surface area contributed by atoms with Gasteiger partial charge >= 0.3 is 0 Å². The highest BCUT2D eigenvalue weighted by Gasteiger charge is 2.23. The lowest BCUT2D eigenvalue weighted by Crippen LogP contribution is -2.17. The first-order valence-corrected chi connectivity index (χ1v) is 8.62. The van der Waals surface area contributed by atoms with Crippen LogP contribution in [0.15, 0.2) is 70.6 Å². The number of carbonyl (C=O) groups excluding carboxylic acids is 1. The molecule has 6 heteroatoms. The molecule has 0 aliphatic carbocycles. The molecule has 0 amide bonds. The fourth-order valence-corrected chi connectivity index (χ4v) is 3.71. The van der Waals surface area contributed by atoms with Gasteiger partial charge in [0.05, 0.1) is 15.6 Å². The molecule has 2 aromatic carbocycles. The van der Waals surface area contributed by atoms with E-state index in [-0.39, 0.29) is 11.5 Å². The standard InChI is InChI=1S/C19H16N2O3S/c1-2-20-17-5-3-4-6-18(17)25-19(20)13-16(22)12-9-14-7-10-15(11-8-14)21(23)24/h3-13H,2H2,1H3/b12-9+,19-13+. The van der Waals surface area contributed by atoms with Crippen molar-refractivity contribution < 1.29 is 9.72 Å². The van der Waals surface area contributed by atoms with Crippen LogP contribution in [0.5, 0.6) is 0 Å². The Morgan fingerprint density at radius 1 is 1.20 bits per heavy atom. The maximum atomic E-state index is 12.2. The van der Waals surface area contributed by atoms with Crippen molar-refractivity contribution in [2.75, 3.05) is 11.4 Å². The van der Waals surface area contributed by atoms with E-state index in [0.29, 0.717) is 0 Å². The molecule has 0 N–H and O–H groups in total. The quantitative estimate of drug-likeness (QED) is 0.445. The Morgan fingerprint density at radius 3 is 2.60 bits per heavy atom. The molecule has 126 valence electrons. The Labute approximate surface area is 149 Å². The normalized spacial score (nSPS) is 14.9. The lowest BCUT2D eigenvalue weighted by Gasteiger charge is -2.17. The van der Waals surface area contributed by atoms with Gasteiger partial charge in [-0.05, 0) is 42.8 Å². The number of hydrogen-bond donors (Lipinski definition) is 0. The number of allylic oxidation sites excluding steroid dienone is 2. The predicted octanol–water partition coefficient (Wildman–Crippen LogP) is 4.65. The zero-order chi connectivity index (χ0) is 17.8. The Bertz CT molecular complexity index is 872. The van der Waals surface area contributed by atoms with Gasteiger partial charge in [-0.2, -0.15) is 0 Å². The Kier molecular flexibility index (Phi) is 5.00. The molecular weight excluding hydrogens is 336 g/mol. The summed E-state index contributed by atoms with van der Waals surface area (Å²) in [7, 11) is 0. The molecule has 0 aromatic heterocycles. The zero-order valence-corrected chi connectivity index (χ0v) is 14.4. The van der Waals surface area contributed by atoms with Gasteiger partial charge in [0.15, 0.2) is 5.78 Å². The predicted molar refractivity (Wildman–Crippen MR) is 101 cm³/mol. The molecule has 0 saturated heterocycles. The second-order valence-electron chi connectivity index (χ2n) is 5.38. The van der Waals surface area contributed by atoms with Crippen LogP contribution in [0.1, 0.15) is 12.5 Å². The third-order valence-corrected chi connectivity index (χ3v) is 4.88. The summed E-state index contributed by atoms with van der Waals surface area (Å²) < 4.78 is 0. The molecular formula is C19H16N2O3S. The minimum absolute atomic E-state index is 0.0318. The first kappa shape index (κ1) is 17.0. The fraction of sp³-hybridized carbons (Fsp3) is 0.105. The number of para-hydroxylation sites is 1. The number of ketones is 1. The van der Waals surface area contributed by atoms with E-state index in [1.54, 1.807) is 36.0 Å². The summed E-state index contributed by atoms with van der Waals surface area (Å²) in [5.74, 6) is -0.118. The minimum atomic E-state index is -0.447. The third kappa shape index (κ3) is 3.80. The Balaban J connectivity index is 1.73. The second-order valence-corrected chi connectivity index (χ2v) is 6.44. The van der Waals surface area contributed by atoms with Crippen LogP contribution in [0.25, 0.3) is 6.08 Å². The third-order valence-electron chi connectivity index (χ3n) is 3.76. The van der Waals surface area contributed by atoms with Crippen LogP contribution in [-0.2, 0) is 4.79 Å². The van der Waals surface area contributed by atoms with Crippen LogP contribution in [0.2, 0.25) is 0 Å². The number of hydrogen-bond acceptors (Lipinski definition) is 5. The van der Waals surface area contributed by atoms with Crippen LogP contribution in [0, 0.1) is 10.1 Å². The summed E-state index contributed by atoms with van der Waals surface area (Å²) in [5, 5.41) is 11.5. The van der Waals surface area contributed by atoms with Crippen molar-refractivity contribution in [3.05, 3.63) is 81.4 Å². The molecule has 1 aliphatic rings. The molecule has 2 aromatic rings. The molecule has 5 nitrogen and oxygen atoms in total. The maximum Gasteiger partial charge on any atom is 0.269 e. The van der Waals surface area contributed by atoms with Crippen molar-refractivity contribution in [1.82, 2.24) is 0 Å². The number of thioether (sulfide) groups is 1. The van der Waals surface area contributed by atoms with Crippen LogP contribution in [0.4, 0.5) is 11.4 Å². The van der Waals surface area contributed by atoms with Crippen molar-refractivity contribution in [1.29, 1.82) is 0 Å². The second kappa shape index (κ2) is 7.36. The fourth-order valence-electron chi connectivity index (χ4n) is 2.54. The van der Waals surface area contributed by atoms with Gasteiger partial charge in [-0.3, -0.25) is 14.9 Å². The monoisotopic (exact) mass is 352 g/mol. The average molecular weight is 352 g/mol. The summed E-state index contributed by atoms with van der Waals surface area (Å²) >= 11 is 1.58. The molecule has 0 spiro atoms. The van der Waals surface area contributed by atoms with Gasteiger partial charge < -0.3 is 4.90 Å². The van der Waals surface area contributed by atoms with E-state index in [1.165, 1.54) is 18.2 Å². The summed E-state index contributed by atoms with van der Waals surface area (Å²) in [6, 6.07) is 14.1. The Hall–Kier alpha value is -2.86. The molecule has 1 heterocycles. The number of benzene rings is 2. The van der Waals surface area contributed by atoms with Gasteiger partial charge in [-0.25, -0.2) is 0 Å². The molecule has 0 saturated carbocycles. The van der Waals surface area contributed by atoms with Crippen molar-refractivity contribution >= 4 is 35.0 Å². The highest BCUT2D eigenvalue weighted by atomic mass is 32.2. The summed E-state index contributed by atoms with van der Waals surface area (Å²) in [6.45, 7) is 2.84. The highest BCUT2D eigenvalue weighted by Crippen LogP contribution is 2.45. The molecule has 25 heavy (non-hydrogen) atoms. The van der Waals surface area contributed by atoms with E-state index in [2.05, 4.69) is 4.90 Å². The summed E-state index contributed by atoms with van der Waals surface area (Å²) in [6.07, 6.45) is 4.76. The van der Waals surface area contributed by atoms with E-state index in [1.807, 2.05) is 31.2 Å². The number of nitrogens with zero attached hydrogens (tertiary/aromatic N) is 2. The van der Waals surface area contributed by atoms with Gasteiger partial charge in [0.1, 0.15) is 0 Å². The smallest absolute Gasteiger partial charge is 0.269 e. The topological polar surface area (TPSA) is 63.5 Å². The molecule has 3 rings (SSSR count). The molecule has 0 radical (unpaired) electrons. The van der Waals surface area contributed by atoms with E-state index < -0.39 is 4.92 Å². The van der Waals surface area contributed by atoms with Crippen LogP contribution >= 0.6 is 11.8 Å². The number of nitro groups is 1. The SMILES string of the molecule is CCN1/C(=C\C(=O)/C=C/c2ccc([N+](=O)[O-])cc2)Sc2ccccc21. The van der Waals surface area contributed by atoms with E-state index >= 15 is 0 Å². The molecule has 0 atom stereocenters. The summed E-state index contributed by atoms with van der Waals surface area (Å²) in [5.41, 5.74) is 1.89. The molecule has 0 unspecified atom stereocenters. The molecule has 0 bridgehead atoms. The van der Waals surface area contributed by atoms with Gasteiger partial charge in [-0.1, -0.05) is 30.0 Å². The van der Waals surface area contributed by atoms with Gasteiger partial charge in [-0.15, -0.1) is 0 Å². The Morgan fingerprint density at radius 2 is 1.92 bits per heavy atom. The van der Waals surface area contributed by atoms with Crippen molar-refractivity contribution in [3.8, 4) is 0 Å². The van der Waals surface area contributed by atoms with Crippen LogP contribution in [-0.4, -0.2) is 17.3 Å². The van der Waals surface area contributed by atoms with Gasteiger partial charge in [0, 0.05) is 29.6 Å². The van der Waals surface area contributed by atoms with Crippen LogP contribution in [0.3, 0.4) is 0 Å². The number of fused-ring (bicyclic) bond motifs is 1. The van der Waals surface area contributed by atoms with Gasteiger partial charge in [0.2, 0.25) is 0 Å². The lowest BCUT2D eigenvalue weighted by atomic mass is 10.2. The average Bonchev–Trinajstić information content (AvgIpc) is 2.97.